The van der Waals surface area contributed by atoms with Gasteiger partial charge in [-0.2, -0.15) is 0 Å². The van der Waals surface area contributed by atoms with E-state index in [-0.39, 0.29) is 17.9 Å². The first kappa shape index (κ1) is 15.6. The highest BCUT2D eigenvalue weighted by Gasteiger charge is 2.13. The van der Waals surface area contributed by atoms with E-state index in [1.165, 1.54) is 11.8 Å². The zero-order chi connectivity index (χ0) is 14.4. The van der Waals surface area contributed by atoms with Crippen LogP contribution in [0, 0.1) is 0 Å². The molecule has 0 heterocycles. The highest BCUT2D eigenvalue weighted by atomic mass is 32.2. The van der Waals surface area contributed by atoms with Crippen LogP contribution in [0.3, 0.4) is 0 Å². The van der Waals surface area contributed by atoms with Crippen LogP contribution in [0.15, 0.2) is 29.2 Å². The highest BCUT2D eigenvalue weighted by molar-refractivity contribution is 8.00. The molecule has 1 N–H and O–H groups in total. The van der Waals surface area contributed by atoms with Crippen LogP contribution in [0.25, 0.3) is 0 Å². The number of thioether (sulfide) groups is 1. The Bertz CT molecular complexity index is 459. The summed E-state index contributed by atoms with van der Waals surface area (Å²) in [7, 11) is 3.44. The Balaban J connectivity index is 2.78. The maximum absolute atomic E-state index is 12.0. The fourth-order valence-corrected chi connectivity index (χ4v) is 2.42. The Morgan fingerprint density at radius 2 is 1.89 bits per heavy atom. The van der Waals surface area contributed by atoms with E-state index in [2.05, 4.69) is 5.32 Å². The monoisotopic (exact) mass is 280 g/mol. The third kappa shape index (κ3) is 4.95. The Morgan fingerprint density at radius 1 is 1.26 bits per heavy atom. The van der Waals surface area contributed by atoms with Crippen molar-refractivity contribution in [3.05, 3.63) is 29.8 Å². The average molecular weight is 280 g/mol. The van der Waals surface area contributed by atoms with Crippen LogP contribution < -0.4 is 5.32 Å². The molecule has 5 heteroatoms. The summed E-state index contributed by atoms with van der Waals surface area (Å²) in [5.41, 5.74) is 0.618. The summed E-state index contributed by atoms with van der Waals surface area (Å²) in [6.07, 6.45) is 0. The molecule has 0 spiro atoms. The van der Waals surface area contributed by atoms with Gasteiger partial charge in [-0.05, 0) is 26.0 Å². The lowest BCUT2D eigenvalue weighted by atomic mass is 10.2. The third-order valence-electron chi connectivity index (χ3n) is 2.40. The highest BCUT2D eigenvalue weighted by Crippen LogP contribution is 2.22. The van der Waals surface area contributed by atoms with E-state index in [4.69, 9.17) is 0 Å². The Kier molecular flexibility index (Phi) is 5.89. The molecular formula is C14H20N2O2S. The molecule has 0 aliphatic heterocycles. The normalized spacial score (nSPS) is 10.4. The largest absolute Gasteiger partial charge is 0.350 e. The summed E-state index contributed by atoms with van der Waals surface area (Å²) in [5, 5.41) is 2.86. The maximum atomic E-state index is 12.0. The first-order chi connectivity index (χ1) is 8.91. The third-order valence-corrected chi connectivity index (χ3v) is 3.46. The number of rotatable bonds is 5. The van der Waals surface area contributed by atoms with E-state index < -0.39 is 0 Å². The van der Waals surface area contributed by atoms with Crippen molar-refractivity contribution in [2.24, 2.45) is 0 Å². The van der Waals surface area contributed by atoms with Crippen LogP contribution in [-0.2, 0) is 4.79 Å². The minimum absolute atomic E-state index is 0.0315. The molecule has 1 rings (SSSR count). The van der Waals surface area contributed by atoms with Crippen molar-refractivity contribution < 1.29 is 9.59 Å². The molecule has 0 saturated carbocycles. The van der Waals surface area contributed by atoms with E-state index in [9.17, 15) is 9.59 Å². The molecular weight excluding hydrogens is 260 g/mol. The number of carbonyl (C=O) groups excluding carboxylic acids is 2. The molecule has 0 aliphatic rings. The van der Waals surface area contributed by atoms with Gasteiger partial charge in [0.2, 0.25) is 5.91 Å². The SMILES string of the molecule is CC(C)NC(=O)c1ccccc1SCC(=O)N(C)C. The Morgan fingerprint density at radius 3 is 2.47 bits per heavy atom. The molecule has 0 radical (unpaired) electrons. The Labute approximate surface area is 118 Å². The van der Waals surface area contributed by atoms with Crippen LogP contribution in [0.2, 0.25) is 0 Å². The second-order valence-corrected chi connectivity index (χ2v) is 5.72. The van der Waals surface area contributed by atoms with Gasteiger partial charge in [0.05, 0.1) is 11.3 Å². The van der Waals surface area contributed by atoms with Crippen LogP contribution in [0.4, 0.5) is 0 Å². The molecule has 0 atom stereocenters. The number of benzene rings is 1. The summed E-state index contributed by atoms with van der Waals surface area (Å²) < 4.78 is 0. The second-order valence-electron chi connectivity index (χ2n) is 4.70. The first-order valence-electron chi connectivity index (χ1n) is 6.14. The molecule has 0 aliphatic carbocycles. The zero-order valence-electron chi connectivity index (χ0n) is 11.8. The van der Waals surface area contributed by atoms with E-state index in [0.717, 1.165) is 4.90 Å². The van der Waals surface area contributed by atoms with Gasteiger partial charge in [-0.3, -0.25) is 9.59 Å². The predicted molar refractivity (Wildman–Crippen MR) is 78.5 cm³/mol. The van der Waals surface area contributed by atoms with Gasteiger partial charge >= 0.3 is 0 Å². The minimum Gasteiger partial charge on any atom is -0.350 e. The molecule has 4 nitrogen and oxygen atoms in total. The lowest BCUT2D eigenvalue weighted by Crippen LogP contribution is -2.30. The fourth-order valence-electron chi connectivity index (χ4n) is 1.39. The van der Waals surface area contributed by atoms with Gasteiger partial charge in [-0.15, -0.1) is 11.8 Å². The quantitative estimate of drug-likeness (QED) is 0.839. The van der Waals surface area contributed by atoms with Crippen molar-refractivity contribution in [3.63, 3.8) is 0 Å². The molecule has 0 fully saturated rings. The second kappa shape index (κ2) is 7.19. The fraction of sp³-hybridized carbons (Fsp3) is 0.429. The van der Waals surface area contributed by atoms with Gasteiger partial charge in [-0.25, -0.2) is 0 Å². The standard InChI is InChI=1S/C14H20N2O2S/c1-10(2)15-14(18)11-7-5-6-8-12(11)19-9-13(17)16(3)4/h5-8,10H,9H2,1-4H3,(H,15,18). The Hall–Kier alpha value is -1.49. The number of carbonyl (C=O) groups is 2. The molecule has 1 aromatic rings. The van der Waals surface area contributed by atoms with Gasteiger partial charge < -0.3 is 10.2 Å². The van der Waals surface area contributed by atoms with E-state index >= 15 is 0 Å². The molecule has 104 valence electrons. The van der Waals surface area contributed by atoms with Crippen molar-refractivity contribution in [3.8, 4) is 0 Å². The molecule has 0 unspecified atom stereocenters. The van der Waals surface area contributed by atoms with Gasteiger partial charge in [0.25, 0.3) is 5.91 Å². The van der Waals surface area contributed by atoms with E-state index in [1.54, 1.807) is 25.1 Å². The number of nitrogens with one attached hydrogen (secondary N) is 1. The smallest absolute Gasteiger partial charge is 0.252 e. The minimum atomic E-state index is -0.101. The number of nitrogens with zero attached hydrogens (tertiary/aromatic N) is 1. The van der Waals surface area contributed by atoms with Crippen LogP contribution in [0.1, 0.15) is 24.2 Å². The van der Waals surface area contributed by atoms with Crippen molar-refractivity contribution in [2.75, 3.05) is 19.8 Å². The van der Waals surface area contributed by atoms with Crippen LogP contribution in [0.5, 0.6) is 0 Å². The summed E-state index contributed by atoms with van der Waals surface area (Å²) >= 11 is 1.39. The summed E-state index contributed by atoms with van der Waals surface area (Å²) in [4.78, 5) is 26.0. The lowest BCUT2D eigenvalue weighted by molar-refractivity contribution is -0.125. The average Bonchev–Trinajstić information content (AvgIpc) is 2.35. The number of hydrogen-bond donors (Lipinski definition) is 1. The summed E-state index contributed by atoms with van der Waals surface area (Å²) in [5.74, 6) is 0.262. The zero-order valence-corrected chi connectivity index (χ0v) is 12.6. The molecule has 0 aromatic heterocycles. The topological polar surface area (TPSA) is 49.4 Å². The molecule has 1 aromatic carbocycles. The van der Waals surface area contributed by atoms with E-state index in [1.807, 2.05) is 32.0 Å². The van der Waals surface area contributed by atoms with Crippen molar-refractivity contribution >= 4 is 23.6 Å². The first-order valence-corrected chi connectivity index (χ1v) is 7.13. The van der Waals surface area contributed by atoms with Crippen molar-refractivity contribution in [1.29, 1.82) is 0 Å². The van der Waals surface area contributed by atoms with Gasteiger partial charge in [0, 0.05) is 25.0 Å². The predicted octanol–water partition coefficient (Wildman–Crippen LogP) is 2.01. The molecule has 2 amide bonds. The summed E-state index contributed by atoms with van der Waals surface area (Å²) in [6.45, 7) is 3.84. The van der Waals surface area contributed by atoms with Gasteiger partial charge in [0.1, 0.15) is 0 Å². The summed E-state index contributed by atoms with van der Waals surface area (Å²) in [6, 6.07) is 7.43. The van der Waals surface area contributed by atoms with Gasteiger partial charge in [0.15, 0.2) is 0 Å². The molecule has 0 bridgehead atoms. The van der Waals surface area contributed by atoms with Crippen LogP contribution in [-0.4, -0.2) is 42.6 Å². The number of amides is 2. The van der Waals surface area contributed by atoms with Crippen molar-refractivity contribution in [1.82, 2.24) is 10.2 Å². The maximum Gasteiger partial charge on any atom is 0.252 e. The van der Waals surface area contributed by atoms with Crippen LogP contribution >= 0.6 is 11.8 Å². The van der Waals surface area contributed by atoms with E-state index in [0.29, 0.717) is 11.3 Å². The van der Waals surface area contributed by atoms with Crippen molar-refractivity contribution in [2.45, 2.75) is 24.8 Å². The molecule has 19 heavy (non-hydrogen) atoms. The molecule has 0 saturated heterocycles. The number of hydrogen-bond acceptors (Lipinski definition) is 3. The lowest BCUT2D eigenvalue weighted by Gasteiger charge is -2.13. The van der Waals surface area contributed by atoms with Gasteiger partial charge in [-0.1, -0.05) is 12.1 Å².